The van der Waals surface area contributed by atoms with Crippen molar-refractivity contribution in [3.05, 3.63) is 0 Å². The first-order valence-corrected chi connectivity index (χ1v) is 6.73. The van der Waals surface area contributed by atoms with Crippen LogP contribution in [0.5, 0.6) is 0 Å². The molecule has 8 nitrogen and oxygen atoms in total. The first-order valence-electron chi connectivity index (χ1n) is 6.73. The van der Waals surface area contributed by atoms with Gasteiger partial charge in [0, 0.05) is 12.6 Å². The Bertz CT molecular complexity index is 351. The van der Waals surface area contributed by atoms with Gasteiger partial charge in [0.15, 0.2) is 0 Å². The van der Waals surface area contributed by atoms with Crippen LogP contribution in [0.15, 0.2) is 0 Å². The Labute approximate surface area is 116 Å². The second kappa shape index (κ2) is 6.23. The number of amides is 1. The van der Waals surface area contributed by atoms with Gasteiger partial charge in [-0.05, 0) is 19.8 Å². The fourth-order valence-electron chi connectivity index (χ4n) is 2.54. The lowest BCUT2D eigenvalue weighted by Crippen LogP contribution is -2.60. The molecule has 2 heterocycles. The normalized spacial score (nSPS) is 41.8. The molecule has 2 rings (SSSR count). The summed E-state index contributed by atoms with van der Waals surface area (Å²) in [6.45, 7) is 1.90. The zero-order valence-electron chi connectivity index (χ0n) is 11.3. The Balaban J connectivity index is 1.98. The van der Waals surface area contributed by atoms with Crippen molar-refractivity contribution < 1.29 is 34.7 Å². The second-order valence-corrected chi connectivity index (χ2v) is 5.27. The molecular formula is C12H21NO7. The average molecular weight is 291 g/mol. The minimum atomic E-state index is -1.56. The molecule has 2 saturated heterocycles. The number of ether oxygens (including phenoxy) is 2. The average Bonchev–Trinajstić information content (AvgIpc) is 2.85. The van der Waals surface area contributed by atoms with Crippen LogP contribution in [-0.2, 0) is 9.47 Å². The van der Waals surface area contributed by atoms with Gasteiger partial charge in [0.1, 0.15) is 24.4 Å². The first-order chi connectivity index (χ1) is 9.45. The lowest BCUT2D eigenvalue weighted by molar-refractivity contribution is -0.286. The smallest absolute Gasteiger partial charge is 0.412 e. The van der Waals surface area contributed by atoms with Crippen molar-refractivity contribution in [2.24, 2.45) is 0 Å². The maximum atomic E-state index is 12.0. The van der Waals surface area contributed by atoms with E-state index in [-0.39, 0.29) is 6.04 Å². The number of carbonyl (C=O) groups is 1. The van der Waals surface area contributed by atoms with E-state index in [9.17, 15) is 20.1 Å². The Hall–Kier alpha value is -0.930. The fourth-order valence-corrected chi connectivity index (χ4v) is 2.54. The van der Waals surface area contributed by atoms with Gasteiger partial charge in [-0.15, -0.1) is 0 Å². The van der Waals surface area contributed by atoms with Crippen molar-refractivity contribution in [3.63, 3.8) is 0 Å². The zero-order chi connectivity index (χ0) is 14.9. The largest absolute Gasteiger partial charge is 0.416 e. The molecule has 2 aliphatic rings. The second-order valence-electron chi connectivity index (χ2n) is 5.27. The molecule has 2 aliphatic heterocycles. The highest BCUT2D eigenvalue weighted by molar-refractivity contribution is 5.68. The third-order valence-electron chi connectivity index (χ3n) is 3.85. The number of hydrogen-bond acceptors (Lipinski definition) is 7. The summed E-state index contributed by atoms with van der Waals surface area (Å²) in [6, 6.07) is 0.0485. The van der Waals surface area contributed by atoms with Gasteiger partial charge in [0.2, 0.25) is 6.29 Å². The van der Waals surface area contributed by atoms with E-state index in [0.29, 0.717) is 6.54 Å². The van der Waals surface area contributed by atoms with Crippen LogP contribution < -0.4 is 0 Å². The summed E-state index contributed by atoms with van der Waals surface area (Å²) in [5.74, 6) is 0. The van der Waals surface area contributed by atoms with Crippen LogP contribution in [0.1, 0.15) is 19.8 Å². The van der Waals surface area contributed by atoms with Crippen molar-refractivity contribution in [2.45, 2.75) is 56.5 Å². The molecule has 8 heteroatoms. The minimum Gasteiger partial charge on any atom is -0.416 e. The van der Waals surface area contributed by atoms with Gasteiger partial charge in [0.05, 0.1) is 6.61 Å². The summed E-state index contributed by atoms with van der Waals surface area (Å²) in [5, 5.41) is 38.0. The van der Waals surface area contributed by atoms with Crippen molar-refractivity contribution >= 4 is 6.09 Å². The van der Waals surface area contributed by atoms with Crippen molar-refractivity contribution in [1.82, 2.24) is 4.90 Å². The van der Waals surface area contributed by atoms with E-state index in [4.69, 9.17) is 14.6 Å². The molecule has 0 radical (unpaired) electrons. The van der Waals surface area contributed by atoms with E-state index in [1.54, 1.807) is 0 Å². The van der Waals surface area contributed by atoms with Gasteiger partial charge in [-0.3, -0.25) is 0 Å². The molecule has 4 N–H and O–H groups in total. The molecule has 20 heavy (non-hydrogen) atoms. The van der Waals surface area contributed by atoms with Gasteiger partial charge in [-0.2, -0.15) is 0 Å². The van der Waals surface area contributed by atoms with E-state index in [0.717, 1.165) is 12.8 Å². The van der Waals surface area contributed by atoms with E-state index in [1.807, 2.05) is 6.92 Å². The van der Waals surface area contributed by atoms with E-state index in [1.165, 1.54) is 4.90 Å². The molecular weight excluding hydrogens is 270 g/mol. The van der Waals surface area contributed by atoms with Crippen LogP contribution in [0, 0.1) is 0 Å². The number of carbonyl (C=O) groups excluding carboxylic acids is 1. The van der Waals surface area contributed by atoms with Crippen LogP contribution in [0.3, 0.4) is 0 Å². The van der Waals surface area contributed by atoms with E-state index < -0.39 is 43.4 Å². The molecule has 0 aromatic heterocycles. The number of aliphatic hydroxyl groups excluding tert-OH is 4. The highest BCUT2D eigenvalue weighted by atomic mass is 16.7. The maximum absolute atomic E-state index is 12.0. The topological polar surface area (TPSA) is 120 Å². The lowest BCUT2D eigenvalue weighted by Gasteiger charge is -2.39. The monoisotopic (exact) mass is 291 g/mol. The molecule has 2 fully saturated rings. The van der Waals surface area contributed by atoms with E-state index >= 15 is 0 Å². The Morgan fingerprint density at radius 1 is 1.30 bits per heavy atom. The molecule has 116 valence electrons. The maximum Gasteiger partial charge on any atom is 0.412 e. The zero-order valence-corrected chi connectivity index (χ0v) is 11.3. The molecule has 1 amide bonds. The quantitative estimate of drug-likeness (QED) is 0.484. The summed E-state index contributed by atoms with van der Waals surface area (Å²) in [5.41, 5.74) is 0. The summed E-state index contributed by atoms with van der Waals surface area (Å²) >= 11 is 0. The Morgan fingerprint density at radius 2 is 2.00 bits per heavy atom. The van der Waals surface area contributed by atoms with Crippen molar-refractivity contribution in [3.8, 4) is 0 Å². The summed E-state index contributed by atoms with van der Waals surface area (Å²) < 4.78 is 10.2. The van der Waals surface area contributed by atoms with Gasteiger partial charge in [-0.1, -0.05) is 0 Å². The van der Waals surface area contributed by atoms with Gasteiger partial charge >= 0.3 is 6.09 Å². The number of likely N-dealkylation sites (tertiary alicyclic amines) is 1. The standard InChI is InChI=1S/C12H21NO7/c1-6-3-2-4-13(6)12(18)20-11-10(17)9(16)8(15)7(5-14)19-11/h6-11,14-17H,2-5H2,1H3/t6-,7-,8-,9+,10-,11-/m1/s1. The van der Waals surface area contributed by atoms with Gasteiger partial charge in [-0.25, -0.2) is 4.79 Å². The summed E-state index contributed by atoms with van der Waals surface area (Å²) in [4.78, 5) is 13.5. The molecule has 0 unspecified atom stereocenters. The highest BCUT2D eigenvalue weighted by Crippen LogP contribution is 2.24. The Kier molecular flexibility index (Phi) is 4.82. The van der Waals surface area contributed by atoms with Crippen LogP contribution in [0.2, 0.25) is 0 Å². The number of hydrogen-bond donors (Lipinski definition) is 4. The molecule has 0 bridgehead atoms. The number of aliphatic hydroxyl groups is 4. The third kappa shape index (κ3) is 2.89. The summed E-state index contributed by atoms with van der Waals surface area (Å²) in [6.07, 6.45) is -5.94. The molecule has 0 aliphatic carbocycles. The van der Waals surface area contributed by atoms with Crippen LogP contribution >= 0.6 is 0 Å². The lowest BCUT2D eigenvalue weighted by atomic mass is 9.99. The molecule has 0 aromatic carbocycles. The van der Waals surface area contributed by atoms with Crippen LogP contribution in [0.4, 0.5) is 4.79 Å². The molecule has 0 spiro atoms. The highest BCUT2D eigenvalue weighted by Gasteiger charge is 2.46. The summed E-state index contributed by atoms with van der Waals surface area (Å²) in [7, 11) is 0. The van der Waals surface area contributed by atoms with Crippen LogP contribution in [0.25, 0.3) is 0 Å². The SMILES string of the molecule is C[C@@H]1CCCN1C(=O)O[C@H]1O[C@H](CO)[C@@H](O)[C@H](O)[C@H]1O. The van der Waals surface area contributed by atoms with E-state index in [2.05, 4.69) is 0 Å². The fraction of sp³-hybridized carbons (Fsp3) is 0.917. The molecule has 0 aromatic rings. The number of rotatable bonds is 2. The molecule has 0 saturated carbocycles. The van der Waals surface area contributed by atoms with Gasteiger partial charge in [0.25, 0.3) is 0 Å². The third-order valence-corrected chi connectivity index (χ3v) is 3.85. The predicted octanol–water partition coefficient (Wildman–Crippen LogP) is -1.59. The predicted molar refractivity (Wildman–Crippen MR) is 65.7 cm³/mol. The minimum absolute atomic E-state index is 0.0485. The first kappa shape index (κ1) is 15.5. The van der Waals surface area contributed by atoms with Gasteiger partial charge < -0.3 is 34.8 Å². The Morgan fingerprint density at radius 3 is 2.55 bits per heavy atom. The molecule has 6 atom stereocenters. The number of nitrogens with zero attached hydrogens (tertiary/aromatic N) is 1. The van der Waals surface area contributed by atoms with Crippen molar-refractivity contribution in [2.75, 3.05) is 13.2 Å². The van der Waals surface area contributed by atoms with Crippen LogP contribution in [-0.4, -0.2) is 81.3 Å². The van der Waals surface area contributed by atoms with Crippen molar-refractivity contribution in [1.29, 1.82) is 0 Å².